The molecule has 0 N–H and O–H groups in total. The van der Waals surface area contributed by atoms with Crippen molar-refractivity contribution in [3.8, 4) is 0 Å². The van der Waals surface area contributed by atoms with E-state index in [9.17, 15) is 0 Å². The molecule has 0 heterocycles. The number of allylic oxidation sites excluding steroid dienone is 1. The van der Waals surface area contributed by atoms with E-state index in [0.717, 1.165) is 12.8 Å². The molecule has 1 nitrogen and oxygen atoms in total. The van der Waals surface area contributed by atoms with Crippen LogP contribution < -0.4 is 4.90 Å². The van der Waals surface area contributed by atoms with E-state index in [1.165, 1.54) is 16.8 Å². The molecule has 0 bridgehead atoms. The van der Waals surface area contributed by atoms with Gasteiger partial charge in [-0.2, -0.15) is 0 Å². The molecule has 0 saturated carbocycles. The minimum absolute atomic E-state index is 1.08. The number of nitrogens with zero attached hydrogens (tertiary/aromatic N) is 1. The van der Waals surface area contributed by atoms with Gasteiger partial charge in [0.15, 0.2) is 0 Å². The first-order valence-electron chi connectivity index (χ1n) is 6.73. The van der Waals surface area contributed by atoms with Gasteiger partial charge in [-0.1, -0.05) is 54.6 Å². The Kier molecular flexibility index (Phi) is 4.79. The van der Waals surface area contributed by atoms with E-state index in [-0.39, 0.29) is 0 Å². The fourth-order valence-corrected chi connectivity index (χ4v) is 2.00. The van der Waals surface area contributed by atoms with Crippen LogP contribution in [-0.2, 0) is 6.42 Å². The van der Waals surface area contributed by atoms with Gasteiger partial charge >= 0.3 is 0 Å². The van der Waals surface area contributed by atoms with Crippen molar-refractivity contribution in [3.63, 3.8) is 0 Å². The number of hydrogen-bond acceptors (Lipinski definition) is 1. The first kappa shape index (κ1) is 13.4. The smallest absolute Gasteiger partial charge is 0.0361 e. The highest BCUT2D eigenvalue weighted by Gasteiger charge is 1.93. The fraction of sp³-hybridized carbons (Fsp3) is 0.222. The Hall–Kier alpha value is -2.02. The third-order valence-electron chi connectivity index (χ3n) is 3.16. The van der Waals surface area contributed by atoms with Gasteiger partial charge in [0.05, 0.1) is 0 Å². The lowest BCUT2D eigenvalue weighted by Crippen LogP contribution is -2.07. The SMILES string of the molecule is CN(C)c1ccc(/C=C/CCc2ccccc2)cc1. The Morgan fingerprint density at radius 2 is 1.58 bits per heavy atom. The van der Waals surface area contributed by atoms with Crippen LogP contribution in [-0.4, -0.2) is 14.1 Å². The highest BCUT2D eigenvalue weighted by atomic mass is 15.1. The zero-order valence-electron chi connectivity index (χ0n) is 11.7. The van der Waals surface area contributed by atoms with Crippen molar-refractivity contribution in [1.29, 1.82) is 0 Å². The van der Waals surface area contributed by atoms with Crippen LogP contribution in [0.4, 0.5) is 5.69 Å². The lowest BCUT2D eigenvalue weighted by atomic mass is 10.1. The molecule has 2 rings (SSSR count). The molecule has 0 spiro atoms. The second-order valence-corrected chi connectivity index (χ2v) is 4.91. The summed E-state index contributed by atoms with van der Waals surface area (Å²) >= 11 is 0. The summed E-state index contributed by atoms with van der Waals surface area (Å²) in [6, 6.07) is 19.2. The zero-order chi connectivity index (χ0) is 13.5. The van der Waals surface area contributed by atoms with Crippen LogP contribution in [0.25, 0.3) is 6.08 Å². The maximum atomic E-state index is 2.25. The normalized spacial score (nSPS) is 10.8. The van der Waals surface area contributed by atoms with Crippen LogP contribution in [0.3, 0.4) is 0 Å². The number of hydrogen-bond donors (Lipinski definition) is 0. The quantitative estimate of drug-likeness (QED) is 0.761. The topological polar surface area (TPSA) is 3.24 Å². The molecular weight excluding hydrogens is 230 g/mol. The van der Waals surface area contributed by atoms with Crippen LogP contribution >= 0.6 is 0 Å². The van der Waals surface area contributed by atoms with E-state index >= 15 is 0 Å². The fourth-order valence-electron chi connectivity index (χ4n) is 2.00. The van der Waals surface area contributed by atoms with Crippen LogP contribution in [0.5, 0.6) is 0 Å². The first-order chi connectivity index (χ1) is 9.25. The molecule has 98 valence electrons. The lowest BCUT2D eigenvalue weighted by molar-refractivity contribution is 1.01. The maximum Gasteiger partial charge on any atom is 0.0361 e. The summed E-state index contributed by atoms with van der Waals surface area (Å²) in [5, 5.41) is 0. The molecule has 0 aliphatic rings. The maximum absolute atomic E-state index is 2.25. The van der Waals surface area contributed by atoms with Crippen molar-refractivity contribution >= 4 is 11.8 Å². The van der Waals surface area contributed by atoms with Gasteiger partial charge in [0.1, 0.15) is 0 Å². The van der Waals surface area contributed by atoms with Crippen molar-refractivity contribution in [1.82, 2.24) is 0 Å². The Morgan fingerprint density at radius 1 is 0.895 bits per heavy atom. The molecular formula is C18H21N. The summed E-state index contributed by atoms with van der Waals surface area (Å²) in [5.41, 5.74) is 3.90. The molecule has 0 fully saturated rings. The third kappa shape index (κ3) is 4.29. The van der Waals surface area contributed by atoms with Gasteiger partial charge < -0.3 is 4.90 Å². The summed E-state index contributed by atoms with van der Waals surface area (Å²) in [7, 11) is 4.12. The Morgan fingerprint density at radius 3 is 2.21 bits per heavy atom. The minimum Gasteiger partial charge on any atom is -0.378 e. The molecule has 0 amide bonds. The van der Waals surface area contributed by atoms with Crippen LogP contribution in [0, 0.1) is 0 Å². The van der Waals surface area contributed by atoms with Gasteiger partial charge in [0.25, 0.3) is 0 Å². The molecule has 0 unspecified atom stereocenters. The average Bonchev–Trinajstić information content (AvgIpc) is 2.45. The van der Waals surface area contributed by atoms with Crippen molar-refractivity contribution in [2.45, 2.75) is 12.8 Å². The molecule has 19 heavy (non-hydrogen) atoms. The van der Waals surface area contributed by atoms with E-state index in [1.54, 1.807) is 0 Å². The van der Waals surface area contributed by atoms with Gasteiger partial charge in [0, 0.05) is 19.8 Å². The highest BCUT2D eigenvalue weighted by molar-refractivity contribution is 5.55. The summed E-state index contributed by atoms with van der Waals surface area (Å²) in [6.07, 6.45) is 6.63. The predicted octanol–water partition coefficient (Wildman–Crippen LogP) is 4.40. The van der Waals surface area contributed by atoms with Gasteiger partial charge in [0.2, 0.25) is 0 Å². The first-order valence-corrected chi connectivity index (χ1v) is 6.73. The molecule has 0 aromatic heterocycles. The zero-order valence-corrected chi connectivity index (χ0v) is 11.7. The van der Waals surface area contributed by atoms with Gasteiger partial charge in [-0.15, -0.1) is 0 Å². The summed E-state index contributed by atoms with van der Waals surface area (Å²) < 4.78 is 0. The number of benzene rings is 2. The van der Waals surface area contributed by atoms with Gasteiger partial charge in [-0.05, 0) is 36.1 Å². The van der Waals surface area contributed by atoms with Crippen molar-refractivity contribution < 1.29 is 0 Å². The van der Waals surface area contributed by atoms with E-state index in [0.29, 0.717) is 0 Å². The highest BCUT2D eigenvalue weighted by Crippen LogP contribution is 2.13. The van der Waals surface area contributed by atoms with Crippen LogP contribution in [0.2, 0.25) is 0 Å². The second kappa shape index (κ2) is 6.79. The Labute approximate surface area is 116 Å². The minimum atomic E-state index is 1.08. The molecule has 0 radical (unpaired) electrons. The molecule has 1 heteroatoms. The van der Waals surface area contributed by atoms with Crippen molar-refractivity contribution in [2.75, 3.05) is 19.0 Å². The molecule has 0 atom stereocenters. The standard InChI is InChI=1S/C18H21N/c1-19(2)18-14-12-17(13-15-18)11-7-6-10-16-8-4-3-5-9-16/h3-5,7-9,11-15H,6,10H2,1-2H3/b11-7+. The summed E-state index contributed by atoms with van der Waals surface area (Å²) in [5.74, 6) is 0. The van der Waals surface area contributed by atoms with E-state index in [4.69, 9.17) is 0 Å². The van der Waals surface area contributed by atoms with Crippen molar-refractivity contribution in [3.05, 3.63) is 71.8 Å². The molecule has 0 aliphatic carbocycles. The van der Waals surface area contributed by atoms with Gasteiger partial charge in [-0.3, -0.25) is 0 Å². The van der Waals surface area contributed by atoms with Gasteiger partial charge in [-0.25, -0.2) is 0 Å². The van der Waals surface area contributed by atoms with Crippen LogP contribution in [0.15, 0.2) is 60.7 Å². The number of anilines is 1. The largest absolute Gasteiger partial charge is 0.378 e. The second-order valence-electron chi connectivity index (χ2n) is 4.91. The van der Waals surface area contributed by atoms with E-state index in [1.807, 2.05) is 0 Å². The van der Waals surface area contributed by atoms with Crippen molar-refractivity contribution in [2.24, 2.45) is 0 Å². The summed E-state index contributed by atoms with van der Waals surface area (Å²) in [6.45, 7) is 0. The molecule has 2 aromatic rings. The Bertz CT molecular complexity index is 509. The van der Waals surface area contributed by atoms with E-state index in [2.05, 4.69) is 85.7 Å². The average molecular weight is 251 g/mol. The molecule has 0 saturated heterocycles. The molecule has 2 aromatic carbocycles. The number of aryl methyl sites for hydroxylation is 1. The predicted molar refractivity (Wildman–Crippen MR) is 84.6 cm³/mol. The lowest BCUT2D eigenvalue weighted by Gasteiger charge is -2.11. The Balaban J connectivity index is 1.85. The van der Waals surface area contributed by atoms with E-state index < -0.39 is 0 Å². The summed E-state index contributed by atoms with van der Waals surface area (Å²) in [4.78, 5) is 2.11. The molecule has 0 aliphatic heterocycles. The monoisotopic (exact) mass is 251 g/mol. The van der Waals surface area contributed by atoms with Crippen LogP contribution in [0.1, 0.15) is 17.5 Å². The third-order valence-corrected chi connectivity index (χ3v) is 3.16. The number of rotatable bonds is 5.